The summed E-state index contributed by atoms with van der Waals surface area (Å²) in [6, 6.07) is 9.88. The molecule has 2 rings (SSSR count). The highest BCUT2D eigenvalue weighted by Crippen LogP contribution is 2.10. The average Bonchev–Trinajstić information content (AvgIpc) is 2.67. The van der Waals surface area contributed by atoms with E-state index < -0.39 is 0 Å². The number of nitrogens with one attached hydrogen (secondary N) is 2. The first kappa shape index (κ1) is 23.0. The molecule has 148 valence electrons. The fourth-order valence-corrected chi connectivity index (χ4v) is 2.58. The molecule has 2 N–H and O–H groups in total. The Balaban J connectivity index is 0.00000338. The Morgan fingerprint density at radius 1 is 1.08 bits per heavy atom. The monoisotopic (exact) mass is 477 g/mol. The molecule has 1 aliphatic rings. The molecule has 1 aromatic carbocycles. The van der Waals surface area contributed by atoms with Crippen LogP contribution in [0.1, 0.15) is 25.7 Å². The highest BCUT2D eigenvalue weighted by atomic mass is 127. The molecule has 0 unspecified atom stereocenters. The normalized spacial score (nSPS) is 15.2. The number of para-hydroxylation sites is 1. The minimum atomic E-state index is 0. The van der Waals surface area contributed by atoms with Gasteiger partial charge in [-0.1, -0.05) is 18.2 Å². The fraction of sp³-hybridized carbons (Fsp3) is 0.632. The molecule has 0 atom stereocenters. The third-order valence-electron chi connectivity index (χ3n) is 3.98. The number of nitrogens with zero attached hydrogens (tertiary/aromatic N) is 1. The van der Waals surface area contributed by atoms with Gasteiger partial charge in [0, 0.05) is 40.0 Å². The molecule has 26 heavy (non-hydrogen) atoms. The molecule has 1 fully saturated rings. The Morgan fingerprint density at radius 3 is 2.38 bits per heavy atom. The number of rotatable bonds is 10. The zero-order valence-electron chi connectivity index (χ0n) is 15.6. The lowest BCUT2D eigenvalue weighted by Gasteiger charge is -2.22. The number of guanidine groups is 1. The first-order valence-corrected chi connectivity index (χ1v) is 9.20. The van der Waals surface area contributed by atoms with Gasteiger partial charge < -0.3 is 24.8 Å². The Labute approximate surface area is 174 Å². The van der Waals surface area contributed by atoms with Crippen molar-refractivity contribution in [3.05, 3.63) is 30.3 Å². The molecule has 0 aliphatic carbocycles. The zero-order chi connectivity index (χ0) is 17.6. The second-order valence-corrected chi connectivity index (χ2v) is 5.98. The Bertz CT molecular complexity index is 482. The summed E-state index contributed by atoms with van der Waals surface area (Å²) in [5.74, 6) is 1.74. The Morgan fingerprint density at radius 2 is 1.73 bits per heavy atom. The summed E-state index contributed by atoms with van der Waals surface area (Å²) in [5, 5.41) is 6.61. The van der Waals surface area contributed by atoms with Crippen LogP contribution in [0.4, 0.5) is 0 Å². The lowest BCUT2D eigenvalue weighted by Crippen LogP contribution is -2.39. The fourth-order valence-electron chi connectivity index (χ4n) is 2.58. The maximum absolute atomic E-state index is 5.86. The smallest absolute Gasteiger partial charge is 0.190 e. The van der Waals surface area contributed by atoms with Gasteiger partial charge in [-0.3, -0.25) is 4.99 Å². The van der Waals surface area contributed by atoms with Crippen LogP contribution in [-0.2, 0) is 9.47 Å². The Kier molecular flexibility index (Phi) is 13.3. The van der Waals surface area contributed by atoms with Crippen LogP contribution >= 0.6 is 24.0 Å². The van der Waals surface area contributed by atoms with Crippen LogP contribution in [-0.4, -0.2) is 58.6 Å². The van der Waals surface area contributed by atoms with E-state index in [0.29, 0.717) is 12.7 Å². The van der Waals surface area contributed by atoms with Gasteiger partial charge in [-0.2, -0.15) is 0 Å². The second kappa shape index (κ2) is 15.0. The van der Waals surface area contributed by atoms with E-state index in [1.54, 1.807) is 7.05 Å². The van der Waals surface area contributed by atoms with E-state index in [1.807, 2.05) is 30.3 Å². The topological polar surface area (TPSA) is 64.1 Å². The predicted molar refractivity (Wildman–Crippen MR) is 116 cm³/mol. The summed E-state index contributed by atoms with van der Waals surface area (Å²) in [6.07, 6.45) is 4.29. The maximum Gasteiger partial charge on any atom is 0.190 e. The van der Waals surface area contributed by atoms with Gasteiger partial charge >= 0.3 is 0 Å². The molecule has 6 nitrogen and oxygen atoms in total. The van der Waals surface area contributed by atoms with Gasteiger partial charge in [-0.15, -0.1) is 24.0 Å². The van der Waals surface area contributed by atoms with Crippen LogP contribution in [0.2, 0.25) is 0 Å². The van der Waals surface area contributed by atoms with Crippen molar-refractivity contribution < 1.29 is 14.2 Å². The van der Waals surface area contributed by atoms with Gasteiger partial charge in [0.2, 0.25) is 0 Å². The van der Waals surface area contributed by atoms with Crippen molar-refractivity contribution in [1.29, 1.82) is 0 Å². The number of ether oxygens (including phenoxy) is 3. The highest BCUT2D eigenvalue weighted by Gasteiger charge is 2.13. The van der Waals surface area contributed by atoms with Crippen molar-refractivity contribution in [3.8, 4) is 5.75 Å². The Hall–Kier alpha value is -1.06. The lowest BCUT2D eigenvalue weighted by atomic mass is 10.1. The van der Waals surface area contributed by atoms with Crippen LogP contribution in [0, 0.1) is 0 Å². The van der Waals surface area contributed by atoms with Gasteiger partial charge in [0.05, 0.1) is 12.7 Å². The van der Waals surface area contributed by atoms with Crippen LogP contribution in [0.15, 0.2) is 35.3 Å². The second-order valence-electron chi connectivity index (χ2n) is 5.98. The number of hydrogen-bond acceptors (Lipinski definition) is 4. The summed E-state index contributed by atoms with van der Waals surface area (Å²) in [5.41, 5.74) is 0. The lowest BCUT2D eigenvalue weighted by molar-refractivity contribution is -0.0320. The first-order valence-electron chi connectivity index (χ1n) is 9.20. The zero-order valence-corrected chi connectivity index (χ0v) is 17.9. The molecule has 0 bridgehead atoms. The van der Waals surface area contributed by atoms with Gasteiger partial charge in [-0.25, -0.2) is 0 Å². The molecule has 1 heterocycles. The predicted octanol–water partition coefficient (Wildman–Crippen LogP) is 2.82. The molecule has 0 amide bonds. The van der Waals surface area contributed by atoms with Crippen LogP contribution in [0.5, 0.6) is 5.75 Å². The molecule has 0 aromatic heterocycles. The summed E-state index contributed by atoms with van der Waals surface area (Å²) < 4.78 is 16.9. The number of hydrogen-bond donors (Lipinski definition) is 2. The molecular weight excluding hydrogens is 445 g/mol. The molecule has 0 saturated carbocycles. The van der Waals surface area contributed by atoms with E-state index >= 15 is 0 Å². The van der Waals surface area contributed by atoms with E-state index in [4.69, 9.17) is 14.2 Å². The molecule has 7 heteroatoms. The van der Waals surface area contributed by atoms with Crippen molar-refractivity contribution in [1.82, 2.24) is 10.6 Å². The molecule has 0 spiro atoms. The van der Waals surface area contributed by atoms with E-state index in [-0.39, 0.29) is 24.0 Å². The number of benzene rings is 1. The third-order valence-corrected chi connectivity index (χ3v) is 3.98. The molecule has 1 saturated heterocycles. The van der Waals surface area contributed by atoms with E-state index in [9.17, 15) is 0 Å². The van der Waals surface area contributed by atoms with Gasteiger partial charge in [0.15, 0.2) is 5.96 Å². The van der Waals surface area contributed by atoms with Crippen molar-refractivity contribution in [2.45, 2.75) is 31.8 Å². The number of aliphatic imine (C=N–C) groups is 1. The van der Waals surface area contributed by atoms with Crippen molar-refractivity contribution in [2.24, 2.45) is 4.99 Å². The summed E-state index contributed by atoms with van der Waals surface area (Å²) in [6.45, 7) is 4.79. The van der Waals surface area contributed by atoms with Gasteiger partial charge in [-0.05, 0) is 37.8 Å². The standard InChI is InChI=1S/C19H31N3O3.HI/c1-20-19(21-11-5-13-24-17-7-3-2-4-8-17)22-12-6-14-25-18-9-15-23-16-10-18;/h2-4,7-8,18H,5-6,9-16H2,1H3,(H2,20,21,22);1H. The summed E-state index contributed by atoms with van der Waals surface area (Å²) in [4.78, 5) is 4.23. The quantitative estimate of drug-likeness (QED) is 0.235. The van der Waals surface area contributed by atoms with Crippen molar-refractivity contribution in [3.63, 3.8) is 0 Å². The highest BCUT2D eigenvalue weighted by molar-refractivity contribution is 14.0. The summed E-state index contributed by atoms with van der Waals surface area (Å²) >= 11 is 0. The van der Waals surface area contributed by atoms with E-state index in [1.165, 1.54) is 0 Å². The van der Waals surface area contributed by atoms with Crippen LogP contribution < -0.4 is 15.4 Å². The minimum absolute atomic E-state index is 0. The third kappa shape index (κ3) is 10.2. The van der Waals surface area contributed by atoms with Crippen molar-refractivity contribution >= 4 is 29.9 Å². The summed E-state index contributed by atoms with van der Waals surface area (Å²) in [7, 11) is 1.79. The van der Waals surface area contributed by atoms with Crippen LogP contribution in [0.25, 0.3) is 0 Å². The number of halogens is 1. The van der Waals surface area contributed by atoms with E-state index in [0.717, 1.165) is 70.3 Å². The molecule has 1 aromatic rings. The SMILES string of the molecule is CN=C(NCCCOc1ccccc1)NCCCOC1CCOCC1.I. The molecule has 1 aliphatic heterocycles. The van der Waals surface area contributed by atoms with E-state index in [2.05, 4.69) is 15.6 Å². The largest absolute Gasteiger partial charge is 0.494 e. The van der Waals surface area contributed by atoms with Crippen LogP contribution in [0.3, 0.4) is 0 Å². The first-order chi connectivity index (χ1) is 12.4. The molecule has 0 radical (unpaired) electrons. The van der Waals surface area contributed by atoms with Gasteiger partial charge in [0.1, 0.15) is 5.75 Å². The average molecular weight is 477 g/mol. The van der Waals surface area contributed by atoms with Gasteiger partial charge in [0.25, 0.3) is 0 Å². The van der Waals surface area contributed by atoms with Crippen molar-refractivity contribution in [2.75, 3.05) is 46.6 Å². The minimum Gasteiger partial charge on any atom is -0.494 e. The maximum atomic E-state index is 5.86. The molecular formula is C19H32IN3O3.